The molecule has 1 aromatic heterocycles. The Kier molecular flexibility index (Phi) is 5.25. The number of carbonyl (C=O) groups is 1. The summed E-state index contributed by atoms with van der Waals surface area (Å²) in [6.07, 6.45) is 0. The molecule has 25 heavy (non-hydrogen) atoms. The van der Waals surface area contributed by atoms with Crippen molar-refractivity contribution in [3.8, 4) is 0 Å². The topological polar surface area (TPSA) is 93.2 Å². The second-order valence-corrected chi connectivity index (χ2v) is 8.49. The number of fused-ring (bicyclic) bond motifs is 1. The fourth-order valence-electron chi connectivity index (χ4n) is 2.60. The van der Waals surface area contributed by atoms with E-state index < -0.39 is 11.5 Å². The smallest absolute Gasteiger partial charge is 0.284 e. The van der Waals surface area contributed by atoms with Crippen molar-refractivity contribution in [3.63, 3.8) is 0 Å². The molecule has 1 heterocycles. The molecule has 1 amide bonds. The second-order valence-electron chi connectivity index (χ2n) is 8.49. The van der Waals surface area contributed by atoms with E-state index in [0.717, 1.165) is 17.6 Å². The molecule has 4 N–H and O–H groups in total. The van der Waals surface area contributed by atoms with Crippen LogP contribution in [0.1, 0.15) is 57.7 Å². The van der Waals surface area contributed by atoms with Gasteiger partial charge >= 0.3 is 0 Å². The molecule has 0 fully saturated rings. The van der Waals surface area contributed by atoms with E-state index in [2.05, 4.69) is 38.0 Å². The van der Waals surface area contributed by atoms with Crippen LogP contribution in [-0.2, 0) is 13.1 Å². The molecule has 1 atom stereocenters. The minimum atomic E-state index is -0.972. The van der Waals surface area contributed by atoms with Gasteiger partial charge in [0.2, 0.25) is 0 Å². The molecule has 0 aliphatic heterocycles. The normalized spacial score (nSPS) is 14.0. The Morgan fingerprint density at radius 2 is 1.96 bits per heavy atom. The third-order valence-electron chi connectivity index (χ3n) is 4.49. The van der Waals surface area contributed by atoms with E-state index in [-0.39, 0.29) is 17.8 Å². The average Bonchev–Trinajstić information content (AvgIpc) is 2.80. The number of aromatic nitrogens is 2. The SMILES string of the molecule is C[C@@H](NCc1ccc2c(c1)nc(C(N)=O)n2CC(C)(C)O)C(C)(C)C. The largest absolute Gasteiger partial charge is 0.389 e. The van der Waals surface area contributed by atoms with Crippen LogP contribution < -0.4 is 11.1 Å². The van der Waals surface area contributed by atoms with Crippen LogP contribution in [0.4, 0.5) is 0 Å². The second kappa shape index (κ2) is 6.77. The molecule has 0 aliphatic carbocycles. The molecular formula is C19H30N4O2. The maximum absolute atomic E-state index is 11.7. The zero-order valence-electron chi connectivity index (χ0n) is 16.1. The molecule has 138 valence electrons. The highest BCUT2D eigenvalue weighted by molar-refractivity contribution is 5.93. The van der Waals surface area contributed by atoms with Crippen molar-refractivity contribution in [2.45, 2.75) is 66.3 Å². The highest BCUT2D eigenvalue weighted by atomic mass is 16.3. The summed E-state index contributed by atoms with van der Waals surface area (Å²) in [6.45, 7) is 13.1. The lowest BCUT2D eigenvalue weighted by Crippen LogP contribution is -2.37. The highest BCUT2D eigenvalue weighted by Gasteiger charge is 2.22. The molecular weight excluding hydrogens is 316 g/mol. The van der Waals surface area contributed by atoms with Crippen LogP contribution in [0, 0.1) is 5.41 Å². The predicted molar refractivity (Wildman–Crippen MR) is 100 cm³/mol. The van der Waals surface area contributed by atoms with Crippen LogP contribution in [-0.4, -0.2) is 32.2 Å². The van der Waals surface area contributed by atoms with Gasteiger partial charge in [-0.05, 0) is 43.9 Å². The van der Waals surface area contributed by atoms with E-state index in [1.54, 1.807) is 18.4 Å². The van der Waals surface area contributed by atoms with Gasteiger partial charge in [0.05, 0.1) is 23.2 Å². The lowest BCUT2D eigenvalue weighted by molar-refractivity contribution is 0.0614. The lowest BCUT2D eigenvalue weighted by Gasteiger charge is -2.28. The van der Waals surface area contributed by atoms with Crippen LogP contribution >= 0.6 is 0 Å². The summed E-state index contributed by atoms with van der Waals surface area (Å²) in [5, 5.41) is 13.6. The number of aliphatic hydroxyl groups is 1. The Bertz CT molecular complexity index is 766. The molecule has 0 saturated heterocycles. The van der Waals surface area contributed by atoms with Gasteiger partial charge in [-0.3, -0.25) is 4.79 Å². The Morgan fingerprint density at radius 1 is 1.32 bits per heavy atom. The fourth-order valence-corrected chi connectivity index (χ4v) is 2.60. The zero-order chi connectivity index (χ0) is 19.0. The number of nitrogens with zero attached hydrogens (tertiary/aromatic N) is 2. The van der Waals surface area contributed by atoms with E-state index in [9.17, 15) is 9.90 Å². The average molecular weight is 346 g/mol. The quantitative estimate of drug-likeness (QED) is 0.749. The third-order valence-corrected chi connectivity index (χ3v) is 4.49. The first-order chi connectivity index (χ1) is 11.4. The molecule has 0 unspecified atom stereocenters. The number of hydrogen-bond acceptors (Lipinski definition) is 4. The van der Waals surface area contributed by atoms with E-state index in [1.807, 2.05) is 18.2 Å². The van der Waals surface area contributed by atoms with Crippen LogP contribution in [0.15, 0.2) is 18.2 Å². The van der Waals surface area contributed by atoms with E-state index >= 15 is 0 Å². The van der Waals surface area contributed by atoms with Crippen molar-refractivity contribution in [1.29, 1.82) is 0 Å². The zero-order valence-corrected chi connectivity index (χ0v) is 16.1. The summed E-state index contributed by atoms with van der Waals surface area (Å²) in [6, 6.07) is 6.26. The summed E-state index contributed by atoms with van der Waals surface area (Å²) in [5.74, 6) is -0.424. The predicted octanol–water partition coefficient (Wildman–Crippen LogP) is 2.43. The van der Waals surface area contributed by atoms with Gasteiger partial charge in [-0.25, -0.2) is 4.98 Å². The van der Waals surface area contributed by atoms with Crippen molar-refractivity contribution in [2.75, 3.05) is 0 Å². The Morgan fingerprint density at radius 3 is 2.48 bits per heavy atom. The molecule has 0 aliphatic rings. The van der Waals surface area contributed by atoms with Gasteiger partial charge in [0.15, 0.2) is 5.82 Å². The number of imidazole rings is 1. The maximum Gasteiger partial charge on any atom is 0.284 e. The minimum Gasteiger partial charge on any atom is -0.389 e. The summed E-state index contributed by atoms with van der Waals surface area (Å²) in [5.41, 5.74) is 7.27. The Labute approximate surface area is 149 Å². The molecule has 6 nitrogen and oxygen atoms in total. The van der Waals surface area contributed by atoms with Gasteiger partial charge in [-0.15, -0.1) is 0 Å². The van der Waals surface area contributed by atoms with E-state index in [1.165, 1.54) is 0 Å². The number of carbonyl (C=O) groups excluding carboxylic acids is 1. The molecule has 1 aromatic carbocycles. The van der Waals surface area contributed by atoms with Gasteiger partial charge in [0.1, 0.15) is 0 Å². The summed E-state index contributed by atoms with van der Waals surface area (Å²) < 4.78 is 1.69. The minimum absolute atomic E-state index is 0.172. The van der Waals surface area contributed by atoms with Crippen LogP contribution in [0.5, 0.6) is 0 Å². The van der Waals surface area contributed by atoms with Gasteiger partial charge in [-0.2, -0.15) is 0 Å². The molecule has 6 heteroatoms. The number of nitrogens with one attached hydrogen (secondary N) is 1. The van der Waals surface area contributed by atoms with Gasteiger partial charge in [0, 0.05) is 12.6 Å². The first-order valence-corrected chi connectivity index (χ1v) is 8.63. The molecule has 0 saturated carbocycles. The van der Waals surface area contributed by atoms with Crippen molar-refractivity contribution in [2.24, 2.45) is 11.1 Å². The fraction of sp³-hybridized carbons (Fsp3) is 0.579. The summed E-state index contributed by atoms with van der Waals surface area (Å²) >= 11 is 0. The number of hydrogen-bond donors (Lipinski definition) is 3. The molecule has 0 spiro atoms. The third kappa shape index (κ3) is 4.80. The molecule has 2 rings (SSSR count). The highest BCUT2D eigenvalue weighted by Crippen LogP contribution is 2.22. The molecule has 0 radical (unpaired) electrons. The number of amides is 1. The standard InChI is InChI=1S/C19H30N4O2/c1-12(18(2,3)4)21-10-13-7-8-15-14(9-13)22-17(16(20)24)23(15)11-19(5,6)25/h7-9,12,21,25H,10-11H2,1-6H3,(H2,20,24)/t12-/m1/s1. The van der Waals surface area contributed by atoms with Crippen LogP contribution in [0.2, 0.25) is 0 Å². The van der Waals surface area contributed by atoms with Crippen molar-refractivity contribution < 1.29 is 9.90 Å². The van der Waals surface area contributed by atoms with E-state index in [0.29, 0.717) is 11.6 Å². The monoisotopic (exact) mass is 346 g/mol. The summed E-state index contributed by atoms with van der Waals surface area (Å²) in [4.78, 5) is 16.1. The Hall–Kier alpha value is -1.92. The van der Waals surface area contributed by atoms with E-state index in [4.69, 9.17) is 5.73 Å². The summed E-state index contributed by atoms with van der Waals surface area (Å²) in [7, 11) is 0. The number of benzene rings is 1. The number of rotatable bonds is 6. The van der Waals surface area contributed by atoms with Gasteiger partial charge in [-0.1, -0.05) is 26.8 Å². The van der Waals surface area contributed by atoms with Crippen molar-refractivity contribution in [3.05, 3.63) is 29.6 Å². The first-order valence-electron chi connectivity index (χ1n) is 8.63. The van der Waals surface area contributed by atoms with Crippen molar-refractivity contribution in [1.82, 2.24) is 14.9 Å². The van der Waals surface area contributed by atoms with Crippen LogP contribution in [0.3, 0.4) is 0 Å². The van der Waals surface area contributed by atoms with Gasteiger partial charge < -0.3 is 20.7 Å². The molecule has 0 bridgehead atoms. The lowest BCUT2D eigenvalue weighted by atomic mass is 9.88. The molecule has 2 aromatic rings. The first kappa shape index (κ1) is 19.4. The van der Waals surface area contributed by atoms with Gasteiger partial charge in [0.25, 0.3) is 5.91 Å². The maximum atomic E-state index is 11.7. The van der Waals surface area contributed by atoms with Crippen molar-refractivity contribution >= 4 is 16.9 Å². The number of primary amides is 1. The van der Waals surface area contributed by atoms with Crippen LogP contribution in [0.25, 0.3) is 11.0 Å². The Balaban J connectivity index is 2.33. The number of nitrogens with two attached hydrogens (primary N) is 1.